The predicted molar refractivity (Wildman–Crippen MR) is 109 cm³/mol. The van der Waals surface area contributed by atoms with Gasteiger partial charge in [0.1, 0.15) is 17.1 Å². The molecule has 28 heavy (non-hydrogen) atoms. The van der Waals surface area contributed by atoms with Crippen LogP contribution >= 0.6 is 38.9 Å². The molecule has 0 bridgehead atoms. The Morgan fingerprint density at radius 1 is 1.46 bits per heavy atom. The van der Waals surface area contributed by atoms with Crippen molar-refractivity contribution in [2.24, 2.45) is 5.73 Å². The summed E-state index contributed by atoms with van der Waals surface area (Å²) >= 11 is 11.1. The molecule has 3 N–H and O–H groups in total. The van der Waals surface area contributed by atoms with Crippen LogP contribution in [0.5, 0.6) is 0 Å². The van der Waals surface area contributed by atoms with Gasteiger partial charge in [0, 0.05) is 17.5 Å². The lowest BCUT2D eigenvalue weighted by molar-refractivity contribution is -0.0147. The second-order valence-corrected chi connectivity index (χ2v) is 8.58. The Morgan fingerprint density at radius 3 is 2.96 bits per heavy atom. The number of rotatable bonds is 5. The lowest BCUT2D eigenvalue weighted by Crippen LogP contribution is -2.36. The molecule has 0 unspecified atom stereocenters. The summed E-state index contributed by atoms with van der Waals surface area (Å²) in [7, 11) is 0. The first-order valence-electron chi connectivity index (χ1n) is 8.65. The number of anilines is 1. The third-order valence-corrected chi connectivity index (χ3v) is 6.46. The maximum atomic E-state index is 14.2. The van der Waals surface area contributed by atoms with E-state index in [-0.39, 0.29) is 22.3 Å². The molecule has 4 rings (SSSR count). The van der Waals surface area contributed by atoms with Gasteiger partial charge in [0.15, 0.2) is 5.82 Å². The molecule has 1 saturated heterocycles. The number of nitrogens with zero attached hydrogens (tertiary/aromatic N) is 3. The average molecular weight is 493 g/mol. The highest BCUT2D eigenvalue weighted by Gasteiger charge is 2.35. The van der Waals surface area contributed by atoms with Crippen LogP contribution in [0, 0.1) is 0 Å². The van der Waals surface area contributed by atoms with Crippen LogP contribution in [-0.4, -0.2) is 27.2 Å². The van der Waals surface area contributed by atoms with Crippen LogP contribution < -0.4 is 11.1 Å². The highest BCUT2D eigenvalue weighted by Crippen LogP contribution is 2.43. The summed E-state index contributed by atoms with van der Waals surface area (Å²) in [6.07, 6.45) is 0.816. The van der Waals surface area contributed by atoms with Crippen molar-refractivity contribution in [3.05, 3.63) is 37.8 Å². The number of thiophene rings is 1. The molecule has 0 spiro atoms. The fourth-order valence-corrected chi connectivity index (χ4v) is 4.92. The standard InChI is InChI=1S/C17H17BrClF2N5OS/c18-10-11-13(15(25-16(19)24-11)23-7-8-3-2-6-28-8)26(17(20)21)12(10)14-9(22)4-1-5-27-14/h2-3,6,9,14,17H,1,4-5,7,22H2,(H,23,24,25)/t9-,14-/m0/s1. The molecule has 4 heterocycles. The molecule has 0 radical (unpaired) electrons. The van der Waals surface area contributed by atoms with Gasteiger partial charge in [-0.3, -0.25) is 4.57 Å². The quantitative estimate of drug-likeness (QED) is 0.485. The van der Waals surface area contributed by atoms with Gasteiger partial charge in [-0.05, 0) is 51.8 Å². The van der Waals surface area contributed by atoms with E-state index in [1.54, 1.807) is 11.3 Å². The number of nitrogens with one attached hydrogen (secondary N) is 1. The molecule has 0 aromatic carbocycles. The van der Waals surface area contributed by atoms with Gasteiger partial charge in [0.2, 0.25) is 5.28 Å². The smallest absolute Gasteiger partial charge is 0.319 e. The van der Waals surface area contributed by atoms with Crippen LogP contribution in [0.4, 0.5) is 14.6 Å². The molecule has 1 aliphatic rings. The Balaban J connectivity index is 1.87. The van der Waals surface area contributed by atoms with Crippen LogP contribution in [-0.2, 0) is 11.3 Å². The number of hydrogen-bond acceptors (Lipinski definition) is 6. The molecule has 0 saturated carbocycles. The third-order valence-electron chi connectivity index (χ3n) is 4.63. The fourth-order valence-electron chi connectivity index (χ4n) is 3.41. The van der Waals surface area contributed by atoms with Crippen LogP contribution in [0.2, 0.25) is 5.28 Å². The number of alkyl halides is 2. The van der Waals surface area contributed by atoms with Gasteiger partial charge >= 0.3 is 6.55 Å². The summed E-state index contributed by atoms with van der Waals surface area (Å²) in [5.74, 6) is 0.236. The predicted octanol–water partition coefficient (Wildman–Crippen LogP) is 5.09. The summed E-state index contributed by atoms with van der Waals surface area (Å²) in [6.45, 7) is -1.93. The van der Waals surface area contributed by atoms with Gasteiger partial charge in [-0.25, -0.2) is 4.98 Å². The SMILES string of the molecule is N[C@H]1CCCO[C@@H]1c1c(Br)c2nc(Cl)nc(NCc3cccs3)c2n1C(F)F. The largest absolute Gasteiger partial charge is 0.370 e. The Morgan fingerprint density at radius 2 is 2.29 bits per heavy atom. The summed E-state index contributed by atoms with van der Waals surface area (Å²) in [4.78, 5) is 9.38. The highest BCUT2D eigenvalue weighted by atomic mass is 79.9. The van der Waals surface area contributed by atoms with Gasteiger partial charge in [-0.15, -0.1) is 11.3 Å². The zero-order valence-corrected chi connectivity index (χ0v) is 17.7. The lowest BCUT2D eigenvalue weighted by atomic mass is 10.0. The molecular formula is C17H17BrClF2N5OS. The molecule has 1 fully saturated rings. The fraction of sp³-hybridized carbons (Fsp3) is 0.412. The zero-order chi connectivity index (χ0) is 19.8. The molecule has 3 aromatic heterocycles. The topological polar surface area (TPSA) is 78.0 Å². The molecule has 1 aliphatic heterocycles. The van der Waals surface area contributed by atoms with E-state index in [0.717, 1.165) is 15.9 Å². The number of fused-ring (bicyclic) bond motifs is 1. The van der Waals surface area contributed by atoms with Crippen LogP contribution in [0.25, 0.3) is 11.0 Å². The molecule has 150 valence electrons. The van der Waals surface area contributed by atoms with E-state index >= 15 is 0 Å². The Kier molecular flexibility index (Phi) is 5.84. The molecule has 6 nitrogen and oxygen atoms in total. The van der Waals surface area contributed by atoms with Crippen molar-refractivity contribution in [1.82, 2.24) is 14.5 Å². The minimum atomic E-state index is -2.83. The van der Waals surface area contributed by atoms with E-state index in [0.29, 0.717) is 29.6 Å². The van der Waals surface area contributed by atoms with Crippen molar-refractivity contribution in [3.8, 4) is 0 Å². The Labute approximate surface area is 177 Å². The number of hydrogen-bond donors (Lipinski definition) is 2. The number of ether oxygens (including phenoxy) is 1. The molecule has 0 amide bonds. The number of nitrogens with two attached hydrogens (primary N) is 1. The van der Waals surface area contributed by atoms with Crippen molar-refractivity contribution in [2.75, 3.05) is 11.9 Å². The lowest BCUT2D eigenvalue weighted by Gasteiger charge is -2.30. The van der Waals surface area contributed by atoms with Crippen molar-refractivity contribution >= 4 is 55.7 Å². The van der Waals surface area contributed by atoms with Crippen molar-refractivity contribution < 1.29 is 13.5 Å². The van der Waals surface area contributed by atoms with E-state index in [4.69, 9.17) is 22.1 Å². The van der Waals surface area contributed by atoms with Gasteiger partial charge in [0.05, 0.1) is 16.7 Å². The zero-order valence-electron chi connectivity index (χ0n) is 14.5. The van der Waals surface area contributed by atoms with Crippen LogP contribution in [0.15, 0.2) is 22.0 Å². The molecular weight excluding hydrogens is 476 g/mol. The van der Waals surface area contributed by atoms with E-state index in [9.17, 15) is 8.78 Å². The Bertz CT molecular complexity index is 984. The number of halogens is 4. The van der Waals surface area contributed by atoms with Gasteiger partial charge in [-0.1, -0.05) is 6.07 Å². The van der Waals surface area contributed by atoms with E-state index in [1.165, 1.54) is 0 Å². The maximum Gasteiger partial charge on any atom is 0.319 e. The summed E-state index contributed by atoms with van der Waals surface area (Å²) < 4.78 is 35.4. The third kappa shape index (κ3) is 3.63. The van der Waals surface area contributed by atoms with Gasteiger partial charge < -0.3 is 15.8 Å². The molecule has 2 atom stereocenters. The van der Waals surface area contributed by atoms with Crippen molar-refractivity contribution in [1.29, 1.82) is 0 Å². The Hall–Kier alpha value is -1.33. The van der Waals surface area contributed by atoms with E-state index < -0.39 is 18.7 Å². The van der Waals surface area contributed by atoms with E-state index in [2.05, 4.69) is 31.2 Å². The van der Waals surface area contributed by atoms with Crippen molar-refractivity contribution in [3.63, 3.8) is 0 Å². The summed E-state index contributed by atoms with van der Waals surface area (Å²) in [5.41, 5.74) is 6.90. The monoisotopic (exact) mass is 491 g/mol. The highest BCUT2D eigenvalue weighted by molar-refractivity contribution is 9.10. The molecule has 11 heteroatoms. The number of aromatic nitrogens is 3. The maximum absolute atomic E-state index is 14.2. The first-order chi connectivity index (χ1) is 13.5. The molecule has 3 aromatic rings. The van der Waals surface area contributed by atoms with Crippen molar-refractivity contribution in [2.45, 2.75) is 38.1 Å². The summed E-state index contributed by atoms with van der Waals surface area (Å²) in [5, 5.41) is 5.02. The first-order valence-corrected chi connectivity index (χ1v) is 10.7. The minimum Gasteiger partial charge on any atom is -0.370 e. The van der Waals surface area contributed by atoms with Crippen LogP contribution in [0.3, 0.4) is 0 Å². The van der Waals surface area contributed by atoms with Gasteiger partial charge in [-0.2, -0.15) is 13.8 Å². The minimum absolute atomic E-state index is 0.0336. The normalized spacial score (nSPS) is 20.2. The van der Waals surface area contributed by atoms with E-state index in [1.807, 2.05) is 17.5 Å². The second kappa shape index (κ2) is 8.19. The van der Waals surface area contributed by atoms with Crippen LogP contribution in [0.1, 0.15) is 36.1 Å². The molecule has 0 aliphatic carbocycles. The second-order valence-electron chi connectivity index (χ2n) is 6.42. The summed E-state index contributed by atoms with van der Waals surface area (Å²) in [6, 6.07) is 3.47. The average Bonchev–Trinajstić information content (AvgIpc) is 3.27. The first kappa shape index (κ1) is 20.0. The van der Waals surface area contributed by atoms with Gasteiger partial charge in [0.25, 0.3) is 0 Å².